The van der Waals surface area contributed by atoms with Crippen molar-refractivity contribution >= 4 is 50.9 Å². The number of anilines is 3. The van der Waals surface area contributed by atoms with E-state index in [4.69, 9.17) is 14.2 Å². The first-order chi connectivity index (χ1) is 20.0. The summed E-state index contributed by atoms with van der Waals surface area (Å²) in [6.45, 7) is 13.0. The highest BCUT2D eigenvalue weighted by Gasteiger charge is 2.56. The van der Waals surface area contributed by atoms with E-state index in [0.29, 0.717) is 39.4 Å². The quantitative estimate of drug-likeness (QED) is 0.170. The summed E-state index contributed by atoms with van der Waals surface area (Å²) in [6, 6.07) is 24.7. The molecular weight excluding hydrogens is 541 g/mol. The lowest BCUT2D eigenvalue weighted by molar-refractivity contribution is 0.433. The Morgan fingerprint density at radius 1 is 0.571 bits per heavy atom. The van der Waals surface area contributed by atoms with Crippen LogP contribution in [0.5, 0.6) is 34.5 Å². The smallest absolute Gasteiger partial charge is 0.190 e. The Kier molecular flexibility index (Phi) is 4.30. The molecule has 5 aromatic rings. The zero-order valence-corrected chi connectivity index (χ0v) is 25.4. The normalized spacial score (nSPS) is 18.5. The second-order valence-corrected chi connectivity index (χ2v) is 16.3. The Morgan fingerprint density at radius 3 is 1.88 bits per heavy atom. The minimum absolute atomic E-state index is 0.231. The van der Waals surface area contributed by atoms with E-state index in [2.05, 4.69) is 88.9 Å². The van der Waals surface area contributed by atoms with Crippen molar-refractivity contribution in [2.75, 3.05) is 4.90 Å². The average Bonchev–Trinajstić information content (AvgIpc) is 2.92. The molecule has 0 aromatic heterocycles. The number of hydrogen-bond donors (Lipinski definition) is 0. The number of hydrogen-bond acceptors (Lipinski definition) is 5. The lowest BCUT2D eigenvalue weighted by atomic mass is 9.85. The summed E-state index contributed by atoms with van der Waals surface area (Å²) in [6.07, 6.45) is 0. The van der Waals surface area contributed by atoms with Gasteiger partial charge in [-0.2, -0.15) is 0 Å². The molecule has 0 saturated carbocycles. The van der Waals surface area contributed by atoms with Crippen LogP contribution in [-0.4, -0.2) is 0 Å². The first-order valence-electron chi connectivity index (χ1n) is 14.5. The maximum absolute atomic E-state index is 16.3. The van der Waals surface area contributed by atoms with Gasteiger partial charge in [0.1, 0.15) is 34.0 Å². The van der Waals surface area contributed by atoms with E-state index in [1.165, 1.54) is 0 Å². The fourth-order valence-corrected chi connectivity index (χ4v) is 10.5. The van der Waals surface area contributed by atoms with Crippen molar-refractivity contribution in [1.29, 1.82) is 0 Å². The van der Waals surface area contributed by atoms with Gasteiger partial charge in [-0.15, -0.1) is 0 Å². The van der Waals surface area contributed by atoms with Crippen LogP contribution in [0.1, 0.15) is 52.7 Å². The van der Waals surface area contributed by atoms with E-state index in [-0.39, 0.29) is 10.8 Å². The standard InChI is InChI=1S/C36H30NO4P/c1-35(2,3)21-14-15-23-32-30(21)40-25-12-9-13-26-33(25)42(32,38)34-29-28(18-22(31(34)41-26)36(4,5)6)39-27-17-20-11-8-7-10-19(20)16-24(27)37(23)29/h7-18H,1-6H3. The van der Waals surface area contributed by atoms with Gasteiger partial charge in [-0.05, 0) is 58.0 Å². The molecule has 5 nitrogen and oxygen atoms in total. The lowest BCUT2D eigenvalue weighted by Gasteiger charge is -2.47. The molecule has 0 bridgehead atoms. The third-order valence-electron chi connectivity index (χ3n) is 9.00. The predicted octanol–water partition coefficient (Wildman–Crippen LogP) is 9.17. The molecule has 6 heteroatoms. The Labute approximate surface area is 245 Å². The van der Waals surface area contributed by atoms with Crippen molar-refractivity contribution in [3.8, 4) is 34.5 Å². The van der Waals surface area contributed by atoms with E-state index in [1.807, 2.05) is 30.3 Å². The molecule has 0 saturated heterocycles. The molecule has 42 heavy (non-hydrogen) atoms. The number of ether oxygens (including phenoxy) is 3. The molecule has 208 valence electrons. The van der Waals surface area contributed by atoms with Gasteiger partial charge in [0.15, 0.2) is 18.6 Å². The highest BCUT2D eigenvalue weighted by Crippen LogP contribution is 2.69. The fraction of sp³-hybridized carbons (Fsp3) is 0.222. The summed E-state index contributed by atoms with van der Waals surface area (Å²) in [5.41, 5.74) is 4.05. The summed E-state index contributed by atoms with van der Waals surface area (Å²) in [5, 5.41) is 4.33. The molecule has 0 N–H and O–H groups in total. The van der Waals surface area contributed by atoms with Gasteiger partial charge in [0, 0.05) is 11.1 Å². The van der Waals surface area contributed by atoms with Crippen LogP contribution in [0.25, 0.3) is 10.8 Å². The van der Waals surface area contributed by atoms with Gasteiger partial charge >= 0.3 is 0 Å². The lowest BCUT2D eigenvalue weighted by Crippen LogP contribution is -2.44. The zero-order chi connectivity index (χ0) is 28.9. The fourth-order valence-electron chi connectivity index (χ4n) is 7.09. The summed E-state index contributed by atoms with van der Waals surface area (Å²) in [4.78, 5) is 2.24. The Bertz CT molecular complexity index is 2120. The summed E-state index contributed by atoms with van der Waals surface area (Å²) < 4.78 is 36.6. The van der Waals surface area contributed by atoms with Crippen molar-refractivity contribution in [2.24, 2.45) is 0 Å². The molecule has 9 rings (SSSR count). The molecule has 4 heterocycles. The van der Waals surface area contributed by atoms with Gasteiger partial charge in [0.05, 0.1) is 22.0 Å². The first kappa shape index (κ1) is 24.4. The van der Waals surface area contributed by atoms with Gasteiger partial charge in [0.25, 0.3) is 0 Å². The minimum Gasteiger partial charge on any atom is -0.455 e. The molecule has 4 aliphatic heterocycles. The van der Waals surface area contributed by atoms with Gasteiger partial charge in [-0.3, -0.25) is 0 Å². The van der Waals surface area contributed by atoms with Crippen LogP contribution in [0.15, 0.2) is 72.8 Å². The van der Waals surface area contributed by atoms with Crippen LogP contribution in [0.2, 0.25) is 0 Å². The SMILES string of the molecule is CC(C)(C)c1ccc2c3c1Oc1cccc4c1P3(=O)c1c(c(C(C)(C)C)cc3c1N2c1cc2ccccc2cc1O3)O4. The molecular formula is C36H30NO4P. The molecule has 0 radical (unpaired) electrons. The van der Waals surface area contributed by atoms with Crippen LogP contribution < -0.4 is 35.0 Å². The topological polar surface area (TPSA) is 48.0 Å². The average molecular weight is 572 g/mol. The van der Waals surface area contributed by atoms with Crippen LogP contribution in [-0.2, 0) is 15.4 Å². The summed E-state index contributed by atoms with van der Waals surface area (Å²) in [5.74, 6) is 4.03. The van der Waals surface area contributed by atoms with Crippen molar-refractivity contribution < 1.29 is 18.8 Å². The number of nitrogens with zero attached hydrogens (tertiary/aromatic N) is 1. The minimum atomic E-state index is -3.45. The van der Waals surface area contributed by atoms with Crippen molar-refractivity contribution in [3.05, 3.63) is 83.9 Å². The van der Waals surface area contributed by atoms with Crippen LogP contribution in [0.3, 0.4) is 0 Å². The number of benzene rings is 5. The molecule has 0 fully saturated rings. The highest BCUT2D eigenvalue weighted by atomic mass is 31.2. The monoisotopic (exact) mass is 571 g/mol. The molecule has 1 unspecified atom stereocenters. The highest BCUT2D eigenvalue weighted by molar-refractivity contribution is 7.87. The van der Waals surface area contributed by atoms with E-state index in [9.17, 15) is 0 Å². The van der Waals surface area contributed by atoms with Crippen LogP contribution >= 0.6 is 7.14 Å². The third kappa shape index (κ3) is 2.83. The largest absolute Gasteiger partial charge is 0.455 e. The Balaban J connectivity index is 1.50. The molecule has 0 spiro atoms. The van der Waals surface area contributed by atoms with E-state index >= 15 is 4.57 Å². The first-order valence-corrected chi connectivity index (χ1v) is 16.2. The molecule has 5 aromatic carbocycles. The van der Waals surface area contributed by atoms with Gasteiger partial charge in [0.2, 0.25) is 0 Å². The van der Waals surface area contributed by atoms with Crippen molar-refractivity contribution in [2.45, 2.75) is 52.4 Å². The van der Waals surface area contributed by atoms with Gasteiger partial charge in [-0.25, -0.2) is 0 Å². The molecule has 0 amide bonds. The molecule has 1 atom stereocenters. The molecule has 4 aliphatic rings. The summed E-state index contributed by atoms with van der Waals surface area (Å²) in [7, 11) is -3.45. The van der Waals surface area contributed by atoms with Gasteiger partial charge in [-0.1, -0.05) is 77.9 Å². The Morgan fingerprint density at radius 2 is 1.21 bits per heavy atom. The van der Waals surface area contributed by atoms with Crippen molar-refractivity contribution in [1.82, 2.24) is 0 Å². The van der Waals surface area contributed by atoms with E-state index in [1.54, 1.807) is 0 Å². The summed E-state index contributed by atoms with van der Waals surface area (Å²) >= 11 is 0. The van der Waals surface area contributed by atoms with Gasteiger partial charge < -0.3 is 23.7 Å². The number of fused-ring (bicyclic) bond motifs is 4. The van der Waals surface area contributed by atoms with Crippen LogP contribution in [0.4, 0.5) is 17.1 Å². The second kappa shape index (κ2) is 7.40. The molecule has 0 aliphatic carbocycles. The van der Waals surface area contributed by atoms with E-state index < -0.39 is 7.14 Å². The maximum atomic E-state index is 16.3. The van der Waals surface area contributed by atoms with Crippen LogP contribution in [0, 0.1) is 0 Å². The zero-order valence-electron chi connectivity index (χ0n) is 24.5. The number of rotatable bonds is 0. The van der Waals surface area contributed by atoms with Crippen molar-refractivity contribution in [3.63, 3.8) is 0 Å². The predicted molar refractivity (Wildman–Crippen MR) is 169 cm³/mol. The Hall–Kier alpha value is -4.21. The second-order valence-electron chi connectivity index (χ2n) is 13.8. The van der Waals surface area contributed by atoms with E-state index in [0.717, 1.165) is 50.0 Å². The maximum Gasteiger partial charge on any atom is 0.190 e. The third-order valence-corrected chi connectivity index (χ3v) is 12.2.